The molecule has 10 heteroatoms. The van der Waals surface area contributed by atoms with Crippen LogP contribution >= 0.6 is 43.5 Å². The maximum Gasteiger partial charge on any atom is 0.337 e. The van der Waals surface area contributed by atoms with E-state index < -0.39 is 27.2 Å². The number of likely N-dealkylation sites (N-methyl/N-ethyl adjacent to an activating group) is 1. The first-order valence-electron chi connectivity index (χ1n) is 7.47. The first-order chi connectivity index (χ1) is 12.2. The highest BCUT2D eigenvalue weighted by atomic mass is 79.9. The molecule has 6 nitrogen and oxygen atoms in total. The Hall–Kier alpha value is -1.29. The fraction of sp³-hybridized carbons (Fsp3) is 0.312. The lowest BCUT2D eigenvalue weighted by Crippen LogP contribution is -2.45. The molecule has 0 aliphatic carbocycles. The maximum atomic E-state index is 14.2. The number of hydrogen-bond donors (Lipinski definition) is 1. The summed E-state index contributed by atoms with van der Waals surface area (Å²) in [6.07, 6.45) is 0.866. The minimum absolute atomic E-state index is 0.0583. The number of urea groups is 1. The number of nitrogens with one attached hydrogen (secondary N) is 1. The van der Waals surface area contributed by atoms with Crippen molar-refractivity contribution in [2.45, 2.75) is 9.40 Å². The third-order valence-corrected chi connectivity index (χ3v) is 6.06. The van der Waals surface area contributed by atoms with Crippen LogP contribution in [-0.2, 0) is 4.79 Å². The second-order valence-corrected chi connectivity index (χ2v) is 9.54. The number of benzene rings is 1. The van der Waals surface area contributed by atoms with Gasteiger partial charge in [-0.15, -0.1) is 18.2 Å². The Labute approximate surface area is 172 Å². The van der Waals surface area contributed by atoms with Gasteiger partial charge in [0.05, 0.1) is 11.6 Å². The van der Waals surface area contributed by atoms with Gasteiger partial charge in [-0.25, -0.2) is 19.1 Å². The second-order valence-electron chi connectivity index (χ2n) is 5.38. The zero-order valence-electron chi connectivity index (χ0n) is 13.8. The zero-order valence-corrected chi connectivity index (χ0v) is 17.7. The Balaban J connectivity index is 2.55. The molecule has 1 aliphatic rings. The lowest BCUT2D eigenvalue weighted by atomic mass is 10.2. The molecule has 1 fully saturated rings. The Morgan fingerprint density at radius 1 is 1.42 bits per heavy atom. The van der Waals surface area contributed by atoms with E-state index in [9.17, 15) is 14.0 Å². The number of amidine groups is 1. The average molecular weight is 511 g/mol. The number of alkyl halides is 3. The van der Waals surface area contributed by atoms with E-state index in [1.165, 1.54) is 25.2 Å². The third-order valence-electron chi connectivity index (χ3n) is 3.56. The van der Waals surface area contributed by atoms with E-state index in [0.717, 1.165) is 9.80 Å². The van der Waals surface area contributed by atoms with Crippen LogP contribution in [0.4, 0.5) is 14.9 Å². The number of aliphatic imine (C=N–C) groups is 1. The Morgan fingerprint density at radius 2 is 2.08 bits per heavy atom. The van der Waals surface area contributed by atoms with Gasteiger partial charge in [-0.05, 0) is 12.1 Å². The van der Waals surface area contributed by atoms with E-state index in [2.05, 4.69) is 48.7 Å². The van der Waals surface area contributed by atoms with Gasteiger partial charge in [-0.1, -0.05) is 50.1 Å². The number of rotatable bonds is 7. The summed E-state index contributed by atoms with van der Waals surface area (Å²) in [5.74, 6) is -1.41. The fourth-order valence-electron chi connectivity index (χ4n) is 2.22. The molecule has 0 radical (unpaired) electrons. The number of carbonyl (C=O) groups excluding carboxylic acids is 2. The number of halogens is 4. The molecule has 0 aromatic heterocycles. The van der Waals surface area contributed by atoms with Gasteiger partial charge in [-0.2, -0.15) is 0 Å². The molecule has 26 heavy (non-hydrogen) atoms. The summed E-state index contributed by atoms with van der Waals surface area (Å²) in [4.78, 5) is 31.2. The Bertz CT molecular complexity index is 760. The highest BCUT2D eigenvalue weighted by Gasteiger charge is 2.44. The fourth-order valence-corrected chi connectivity index (χ4v) is 2.89. The van der Waals surface area contributed by atoms with Gasteiger partial charge in [0.15, 0.2) is 0 Å². The average Bonchev–Trinajstić information content (AvgIpc) is 2.83. The molecule has 1 unspecified atom stereocenters. The first-order valence-corrected chi connectivity index (χ1v) is 9.59. The number of hydrogen-bond acceptors (Lipinski definition) is 4. The summed E-state index contributed by atoms with van der Waals surface area (Å²) in [6.45, 7) is 3.99. The van der Waals surface area contributed by atoms with Crippen molar-refractivity contribution in [3.8, 4) is 0 Å². The van der Waals surface area contributed by atoms with Crippen LogP contribution in [0, 0.1) is 5.82 Å². The number of carbonyl (C=O) groups is 2. The molecule has 2 rings (SSSR count). The zero-order chi connectivity index (χ0) is 19.5. The van der Waals surface area contributed by atoms with Gasteiger partial charge in [-0.3, -0.25) is 15.0 Å². The van der Waals surface area contributed by atoms with Gasteiger partial charge in [0.25, 0.3) is 5.91 Å². The van der Waals surface area contributed by atoms with E-state index >= 15 is 0 Å². The summed E-state index contributed by atoms with van der Waals surface area (Å²) in [5.41, 5.74) is -0.0583. The van der Waals surface area contributed by atoms with E-state index in [4.69, 9.17) is 11.6 Å². The lowest BCUT2D eigenvalue weighted by molar-refractivity contribution is -0.119. The second kappa shape index (κ2) is 8.60. The van der Waals surface area contributed by atoms with E-state index in [-0.39, 0.29) is 17.4 Å². The van der Waals surface area contributed by atoms with Gasteiger partial charge >= 0.3 is 6.03 Å². The predicted octanol–water partition coefficient (Wildman–Crippen LogP) is 3.45. The summed E-state index contributed by atoms with van der Waals surface area (Å²) in [5, 5.41) is 3.04. The topological polar surface area (TPSA) is 65.0 Å². The van der Waals surface area contributed by atoms with Crippen LogP contribution in [0.1, 0.15) is 0 Å². The van der Waals surface area contributed by atoms with Crippen molar-refractivity contribution in [3.63, 3.8) is 0 Å². The molecule has 3 amide bonds. The van der Waals surface area contributed by atoms with Crippen LogP contribution < -0.4 is 10.2 Å². The maximum absolute atomic E-state index is 14.2. The molecule has 1 heterocycles. The molecule has 1 aliphatic heterocycles. The van der Waals surface area contributed by atoms with Crippen LogP contribution in [-0.4, -0.2) is 51.5 Å². The standard InChI is InChI=1S/C16H16Br2ClFN4O2/c1-3-8-21-14(16(17,18)9-19)22-12-13(25)23(2)15(26)24(12)11-7-5-4-6-10(11)20/h3-7,14,21H,1,8-9H2,2H3/b22-12+. The molecular weight excluding hydrogens is 494 g/mol. The molecule has 0 bridgehead atoms. The van der Waals surface area contributed by atoms with Crippen molar-refractivity contribution >= 4 is 66.9 Å². The summed E-state index contributed by atoms with van der Waals surface area (Å²) in [6, 6.07) is 4.97. The molecule has 0 saturated carbocycles. The largest absolute Gasteiger partial charge is 0.337 e. The molecule has 140 valence electrons. The smallest absolute Gasteiger partial charge is 0.290 e. The molecule has 1 atom stereocenters. The molecule has 1 N–H and O–H groups in total. The first kappa shape index (κ1) is 21.0. The highest BCUT2D eigenvalue weighted by molar-refractivity contribution is 9.25. The minimum atomic E-state index is -0.900. The van der Waals surface area contributed by atoms with Crippen LogP contribution in [0.5, 0.6) is 0 Å². The summed E-state index contributed by atoms with van der Waals surface area (Å²) < 4.78 is 13.3. The predicted molar refractivity (Wildman–Crippen MR) is 108 cm³/mol. The molecular formula is C16H16Br2ClFN4O2. The monoisotopic (exact) mass is 508 g/mol. The Morgan fingerprint density at radius 3 is 2.65 bits per heavy atom. The van der Waals surface area contributed by atoms with Gasteiger partial charge in [0, 0.05) is 13.6 Å². The minimum Gasteiger partial charge on any atom is -0.290 e. The van der Waals surface area contributed by atoms with E-state index in [1.807, 2.05) is 0 Å². The highest BCUT2D eigenvalue weighted by Crippen LogP contribution is 2.34. The molecule has 1 saturated heterocycles. The third kappa shape index (κ3) is 4.16. The number of amides is 3. The quantitative estimate of drug-likeness (QED) is 0.347. The number of imide groups is 1. The normalized spacial score (nSPS) is 18.0. The summed E-state index contributed by atoms with van der Waals surface area (Å²) >= 11 is 12.8. The van der Waals surface area contributed by atoms with E-state index in [0.29, 0.717) is 6.54 Å². The number of para-hydroxylation sites is 1. The van der Waals surface area contributed by atoms with Crippen molar-refractivity contribution in [1.29, 1.82) is 0 Å². The van der Waals surface area contributed by atoms with Gasteiger partial charge < -0.3 is 0 Å². The van der Waals surface area contributed by atoms with Crippen LogP contribution in [0.15, 0.2) is 41.9 Å². The van der Waals surface area contributed by atoms with Crippen molar-refractivity contribution in [1.82, 2.24) is 10.2 Å². The summed E-state index contributed by atoms with van der Waals surface area (Å²) in [7, 11) is 1.31. The Kier molecular flexibility index (Phi) is 6.95. The van der Waals surface area contributed by atoms with E-state index in [1.54, 1.807) is 12.1 Å². The molecule has 0 spiro atoms. The molecule has 1 aromatic carbocycles. The lowest BCUT2D eigenvalue weighted by Gasteiger charge is -2.27. The van der Waals surface area contributed by atoms with Gasteiger partial charge in [0.2, 0.25) is 5.84 Å². The number of anilines is 1. The van der Waals surface area contributed by atoms with Crippen molar-refractivity contribution < 1.29 is 14.0 Å². The van der Waals surface area contributed by atoms with Crippen LogP contribution in [0.3, 0.4) is 0 Å². The number of nitrogens with zero attached hydrogens (tertiary/aromatic N) is 3. The van der Waals surface area contributed by atoms with Crippen LogP contribution in [0.25, 0.3) is 0 Å². The van der Waals surface area contributed by atoms with Crippen molar-refractivity contribution in [3.05, 3.63) is 42.7 Å². The van der Waals surface area contributed by atoms with Crippen molar-refractivity contribution in [2.75, 3.05) is 24.4 Å². The van der Waals surface area contributed by atoms with Crippen molar-refractivity contribution in [2.24, 2.45) is 4.99 Å². The van der Waals surface area contributed by atoms with Crippen LogP contribution in [0.2, 0.25) is 0 Å². The van der Waals surface area contributed by atoms with Gasteiger partial charge in [0.1, 0.15) is 15.2 Å². The molecule has 1 aromatic rings. The SMILES string of the molecule is C=CCNC(/N=C1\C(=O)N(C)C(=O)N1c1ccccc1F)C(Br)(Br)CCl.